The van der Waals surface area contributed by atoms with Gasteiger partial charge in [0.2, 0.25) is 0 Å². The van der Waals surface area contributed by atoms with E-state index in [1.165, 1.54) is 0 Å². The molecule has 0 bridgehead atoms. The molecule has 4 nitrogen and oxygen atoms in total. The summed E-state index contributed by atoms with van der Waals surface area (Å²) in [5.74, 6) is 4.88. The third-order valence-corrected chi connectivity index (χ3v) is 2.80. The highest BCUT2D eigenvalue weighted by Crippen LogP contribution is 2.23. The van der Waals surface area contributed by atoms with Crippen LogP contribution in [0.4, 0.5) is 0 Å². The van der Waals surface area contributed by atoms with E-state index in [1.54, 1.807) is 6.07 Å². The van der Waals surface area contributed by atoms with Crippen LogP contribution in [0.2, 0.25) is 0 Å². The van der Waals surface area contributed by atoms with Crippen LogP contribution >= 0.6 is 0 Å². The molecule has 0 aromatic heterocycles. The summed E-state index contributed by atoms with van der Waals surface area (Å²) in [7, 11) is 0. The number of carbonyl (C=O) groups excluding carboxylic acids is 1. The van der Waals surface area contributed by atoms with E-state index in [9.17, 15) is 4.79 Å². The number of rotatable bonds is 3. The molecule has 0 aliphatic rings. The zero-order valence-electron chi connectivity index (χ0n) is 9.89. The maximum Gasteiger partial charge on any atom is 0.265 e. The van der Waals surface area contributed by atoms with Gasteiger partial charge in [-0.05, 0) is 22.8 Å². The van der Waals surface area contributed by atoms with E-state index in [-0.39, 0.29) is 5.91 Å². The van der Waals surface area contributed by atoms with Gasteiger partial charge in [0, 0.05) is 12.1 Å². The van der Waals surface area contributed by atoms with E-state index in [4.69, 9.17) is 11.6 Å². The van der Waals surface area contributed by atoms with E-state index >= 15 is 0 Å². The largest absolute Gasteiger partial charge is 0.326 e. The lowest BCUT2D eigenvalue weighted by atomic mass is 9.98. The Kier molecular flexibility index (Phi) is 3.72. The molecule has 0 heterocycles. The van der Waals surface area contributed by atoms with Crippen molar-refractivity contribution in [2.75, 3.05) is 0 Å². The van der Waals surface area contributed by atoms with Crippen LogP contribution in [-0.4, -0.2) is 5.91 Å². The Labute approximate surface area is 106 Å². The van der Waals surface area contributed by atoms with Crippen molar-refractivity contribution in [1.82, 2.24) is 5.43 Å². The molecule has 0 aliphatic heterocycles. The monoisotopic (exact) mass is 241 g/mol. The van der Waals surface area contributed by atoms with Gasteiger partial charge in [-0.3, -0.25) is 10.2 Å². The second kappa shape index (κ2) is 5.44. The van der Waals surface area contributed by atoms with Crippen LogP contribution < -0.4 is 17.0 Å². The number of hydrogen-bond acceptors (Lipinski definition) is 3. The van der Waals surface area contributed by atoms with E-state index in [1.807, 2.05) is 42.5 Å². The second-order valence-electron chi connectivity index (χ2n) is 3.92. The number of hydrogen-bond donors (Lipinski definition) is 3. The summed E-state index contributed by atoms with van der Waals surface area (Å²) in [5.41, 5.74) is 11.1. The molecule has 0 unspecified atom stereocenters. The predicted molar refractivity (Wildman–Crippen MR) is 71.4 cm³/mol. The maximum absolute atomic E-state index is 11.7. The summed E-state index contributed by atoms with van der Waals surface area (Å²) in [6.45, 7) is 0.505. The van der Waals surface area contributed by atoms with Gasteiger partial charge in [-0.1, -0.05) is 42.5 Å². The molecule has 92 valence electrons. The van der Waals surface area contributed by atoms with E-state index in [0.717, 1.165) is 16.7 Å². The van der Waals surface area contributed by atoms with Crippen molar-refractivity contribution in [2.45, 2.75) is 6.54 Å². The Balaban J connectivity index is 2.46. The van der Waals surface area contributed by atoms with Gasteiger partial charge in [0.25, 0.3) is 5.91 Å². The van der Waals surface area contributed by atoms with Crippen molar-refractivity contribution in [2.24, 2.45) is 11.6 Å². The standard InChI is InChI=1S/C14H15N3O/c15-9-10-5-7-11(8-6-10)12-3-1-2-4-13(12)14(18)17-16/h1-8H,9,15-16H2,(H,17,18). The Morgan fingerprint density at radius 2 is 1.72 bits per heavy atom. The zero-order chi connectivity index (χ0) is 13.0. The molecule has 18 heavy (non-hydrogen) atoms. The van der Waals surface area contributed by atoms with E-state index < -0.39 is 0 Å². The molecule has 1 amide bonds. The van der Waals surface area contributed by atoms with Gasteiger partial charge in [-0.2, -0.15) is 0 Å². The number of nitrogen functional groups attached to an aromatic ring is 1. The van der Waals surface area contributed by atoms with Crippen molar-refractivity contribution in [3.05, 3.63) is 59.7 Å². The Bertz CT molecular complexity index is 549. The first kappa shape index (κ1) is 12.3. The summed E-state index contributed by atoms with van der Waals surface area (Å²) in [6, 6.07) is 15.1. The molecule has 2 rings (SSSR count). The number of nitrogens with two attached hydrogens (primary N) is 2. The predicted octanol–water partition coefficient (Wildman–Crippen LogP) is 1.42. The highest BCUT2D eigenvalue weighted by atomic mass is 16.2. The fourth-order valence-corrected chi connectivity index (χ4v) is 1.83. The fourth-order valence-electron chi connectivity index (χ4n) is 1.83. The van der Waals surface area contributed by atoms with Gasteiger partial charge in [0.15, 0.2) is 0 Å². The third kappa shape index (κ3) is 2.40. The van der Waals surface area contributed by atoms with Crippen molar-refractivity contribution in [3.63, 3.8) is 0 Å². The lowest BCUT2D eigenvalue weighted by Gasteiger charge is -2.08. The summed E-state index contributed by atoms with van der Waals surface area (Å²) in [5, 5.41) is 0. The molecule has 5 N–H and O–H groups in total. The first-order valence-electron chi connectivity index (χ1n) is 5.65. The van der Waals surface area contributed by atoms with Gasteiger partial charge in [0.05, 0.1) is 0 Å². The minimum Gasteiger partial charge on any atom is -0.326 e. The average molecular weight is 241 g/mol. The Morgan fingerprint density at radius 3 is 2.33 bits per heavy atom. The normalized spacial score (nSPS) is 10.1. The number of nitrogens with one attached hydrogen (secondary N) is 1. The fraction of sp³-hybridized carbons (Fsp3) is 0.0714. The second-order valence-corrected chi connectivity index (χ2v) is 3.92. The molecule has 0 atom stereocenters. The summed E-state index contributed by atoms with van der Waals surface area (Å²) in [6.07, 6.45) is 0. The molecule has 4 heteroatoms. The highest BCUT2D eigenvalue weighted by Gasteiger charge is 2.10. The van der Waals surface area contributed by atoms with E-state index in [2.05, 4.69) is 5.43 Å². The van der Waals surface area contributed by atoms with Crippen LogP contribution in [0.3, 0.4) is 0 Å². The van der Waals surface area contributed by atoms with Crippen LogP contribution in [0.5, 0.6) is 0 Å². The van der Waals surface area contributed by atoms with Gasteiger partial charge < -0.3 is 5.73 Å². The van der Waals surface area contributed by atoms with Gasteiger partial charge in [-0.15, -0.1) is 0 Å². The number of hydrazine groups is 1. The van der Waals surface area contributed by atoms with E-state index in [0.29, 0.717) is 12.1 Å². The van der Waals surface area contributed by atoms with Crippen molar-refractivity contribution >= 4 is 5.91 Å². The van der Waals surface area contributed by atoms with Gasteiger partial charge >= 0.3 is 0 Å². The first-order valence-corrected chi connectivity index (χ1v) is 5.65. The molecule has 0 radical (unpaired) electrons. The summed E-state index contributed by atoms with van der Waals surface area (Å²) >= 11 is 0. The lowest BCUT2D eigenvalue weighted by Crippen LogP contribution is -2.30. The van der Waals surface area contributed by atoms with Crippen LogP contribution in [0.1, 0.15) is 15.9 Å². The molecule has 0 saturated carbocycles. The van der Waals surface area contributed by atoms with Crippen LogP contribution in [0, 0.1) is 0 Å². The molecule has 0 aliphatic carbocycles. The molecule has 0 saturated heterocycles. The minimum absolute atomic E-state index is 0.298. The highest BCUT2D eigenvalue weighted by molar-refractivity contribution is 6.00. The minimum atomic E-state index is -0.298. The average Bonchev–Trinajstić information content (AvgIpc) is 2.46. The first-order chi connectivity index (χ1) is 8.76. The number of carbonyl (C=O) groups is 1. The quantitative estimate of drug-likeness (QED) is 0.432. The molecular formula is C14H15N3O. The summed E-state index contributed by atoms with van der Waals surface area (Å²) in [4.78, 5) is 11.7. The topological polar surface area (TPSA) is 81.1 Å². The van der Waals surface area contributed by atoms with Crippen molar-refractivity contribution < 1.29 is 4.79 Å². The summed E-state index contributed by atoms with van der Waals surface area (Å²) < 4.78 is 0. The van der Waals surface area contributed by atoms with Crippen LogP contribution in [0.25, 0.3) is 11.1 Å². The molecule has 0 spiro atoms. The molecule has 2 aromatic carbocycles. The number of amides is 1. The maximum atomic E-state index is 11.7. The van der Waals surface area contributed by atoms with Crippen molar-refractivity contribution in [3.8, 4) is 11.1 Å². The molecule has 0 fully saturated rings. The third-order valence-electron chi connectivity index (χ3n) is 2.80. The zero-order valence-corrected chi connectivity index (χ0v) is 9.89. The smallest absolute Gasteiger partial charge is 0.265 e. The Morgan fingerprint density at radius 1 is 1.06 bits per heavy atom. The van der Waals surface area contributed by atoms with Crippen LogP contribution in [-0.2, 0) is 6.54 Å². The number of benzene rings is 2. The SMILES string of the molecule is NCc1ccc(-c2ccccc2C(=O)NN)cc1. The van der Waals surface area contributed by atoms with Crippen molar-refractivity contribution in [1.29, 1.82) is 0 Å². The van der Waals surface area contributed by atoms with Gasteiger partial charge in [-0.25, -0.2) is 5.84 Å². The van der Waals surface area contributed by atoms with Crippen LogP contribution in [0.15, 0.2) is 48.5 Å². The Hall–Kier alpha value is -2.17. The molecule has 2 aromatic rings. The van der Waals surface area contributed by atoms with Gasteiger partial charge in [0.1, 0.15) is 0 Å². The lowest BCUT2D eigenvalue weighted by molar-refractivity contribution is 0.0954. The molecular weight excluding hydrogens is 226 g/mol.